The highest BCUT2D eigenvalue weighted by Gasteiger charge is 2.16. The fourth-order valence-electron chi connectivity index (χ4n) is 1.66. The monoisotopic (exact) mass is 194 g/mol. The quantitative estimate of drug-likeness (QED) is 0.697. The van der Waals surface area contributed by atoms with Crippen molar-refractivity contribution in [3.05, 3.63) is 28.2 Å². The number of hydrogen-bond donors (Lipinski definition) is 0. The van der Waals surface area contributed by atoms with Crippen LogP contribution >= 0.6 is 0 Å². The molecule has 0 aliphatic carbocycles. The molecule has 1 fully saturated rings. The summed E-state index contributed by atoms with van der Waals surface area (Å²) >= 11 is 0. The molecular weight excluding hydrogens is 180 g/mol. The number of aromatic nitrogens is 2. The number of ether oxygens (including phenoxy) is 1. The molecule has 0 saturated carbocycles. The third-order valence-electron chi connectivity index (χ3n) is 2.40. The van der Waals surface area contributed by atoms with Gasteiger partial charge in [-0.05, 0) is 25.8 Å². The predicted octanol–water partition coefficient (Wildman–Crippen LogP) is 0.731. The maximum atomic E-state index is 11.4. The fraction of sp³-hybridized carbons (Fsp3) is 0.600. The van der Waals surface area contributed by atoms with Crippen molar-refractivity contribution in [1.82, 2.24) is 9.78 Å². The second kappa shape index (κ2) is 3.92. The highest BCUT2D eigenvalue weighted by Crippen LogP contribution is 2.12. The predicted molar refractivity (Wildman–Crippen MR) is 52.2 cm³/mol. The van der Waals surface area contributed by atoms with Gasteiger partial charge in [0.25, 0.3) is 5.56 Å². The lowest BCUT2D eigenvalue weighted by molar-refractivity contribution is 0.0925. The molecule has 0 radical (unpaired) electrons. The van der Waals surface area contributed by atoms with E-state index in [1.54, 1.807) is 12.1 Å². The Hall–Kier alpha value is -1.16. The molecule has 1 atom stereocenters. The molecule has 0 N–H and O–H groups in total. The van der Waals surface area contributed by atoms with E-state index in [1.807, 2.05) is 6.92 Å². The topological polar surface area (TPSA) is 44.1 Å². The van der Waals surface area contributed by atoms with Crippen LogP contribution in [-0.2, 0) is 11.3 Å². The molecule has 0 bridgehead atoms. The Kier molecular flexibility index (Phi) is 2.63. The Morgan fingerprint density at radius 2 is 2.50 bits per heavy atom. The van der Waals surface area contributed by atoms with Crippen LogP contribution in [-0.4, -0.2) is 22.5 Å². The first kappa shape index (κ1) is 9.40. The zero-order chi connectivity index (χ0) is 9.97. The maximum Gasteiger partial charge on any atom is 0.266 e. The zero-order valence-corrected chi connectivity index (χ0v) is 8.27. The van der Waals surface area contributed by atoms with E-state index >= 15 is 0 Å². The van der Waals surface area contributed by atoms with Crippen molar-refractivity contribution < 1.29 is 4.74 Å². The summed E-state index contributed by atoms with van der Waals surface area (Å²) in [5.74, 6) is 0. The van der Waals surface area contributed by atoms with E-state index in [2.05, 4.69) is 5.10 Å². The lowest BCUT2D eigenvalue weighted by Gasteiger charge is -2.10. The van der Waals surface area contributed by atoms with Crippen LogP contribution < -0.4 is 5.56 Å². The van der Waals surface area contributed by atoms with E-state index in [-0.39, 0.29) is 11.7 Å². The number of aryl methyl sites for hydroxylation is 1. The van der Waals surface area contributed by atoms with Crippen LogP contribution in [0.4, 0.5) is 0 Å². The van der Waals surface area contributed by atoms with Gasteiger partial charge in [-0.25, -0.2) is 4.68 Å². The molecule has 1 aromatic heterocycles. The van der Waals surface area contributed by atoms with Crippen LogP contribution in [0.15, 0.2) is 16.9 Å². The second-order valence-corrected chi connectivity index (χ2v) is 3.63. The number of rotatable bonds is 2. The fourth-order valence-corrected chi connectivity index (χ4v) is 1.66. The average molecular weight is 194 g/mol. The van der Waals surface area contributed by atoms with Crippen LogP contribution in [0, 0.1) is 6.92 Å². The number of hydrogen-bond acceptors (Lipinski definition) is 3. The van der Waals surface area contributed by atoms with Gasteiger partial charge >= 0.3 is 0 Å². The van der Waals surface area contributed by atoms with E-state index in [4.69, 9.17) is 4.74 Å². The minimum Gasteiger partial charge on any atom is -0.376 e. The second-order valence-electron chi connectivity index (χ2n) is 3.63. The van der Waals surface area contributed by atoms with Gasteiger partial charge in [0.1, 0.15) is 0 Å². The molecule has 1 aromatic rings. The molecule has 0 amide bonds. The van der Waals surface area contributed by atoms with Gasteiger partial charge in [-0.15, -0.1) is 0 Å². The van der Waals surface area contributed by atoms with Crippen molar-refractivity contribution in [3.8, 4) is 0 Å². The summed E-state index contributed by atoms with van der Waals surface area (Å²) in [4.78, 5) is 11.4. The van der Waals surface area contributed by atoms with Gasteiger partial charge in [0.15, 0.2) is 0 Å². The van der Waals surface area contributed by atoms with E-state index in [0.29, 0.717) is 6.54 Å². The van der Waals surface area contributed by atoms with E-state index < -0.39 is 0 Å². The Morgan fingerprint density at radius 3 is 3.21 bits per heavy atom. The van der Waals surface area contributed by atoms with Crippen LogP contribution in [0.2, 0.25) is 0 Å². The molecule has 76 valence electrons. The van der Waals surface area contributed by atoms with Gasteiger partial charge in [0.2, 0.25) is 0 Å². The van der Waals surface area contributed by atoms with Crippen LogP contribution in [0.25, 0.3) is 0 Å². The van der Waals surface area contributed by atoms with Gasteiger partial charge in [-0.2, -0.15) is 5.10 Å². The summed E-state index contributed by atoms with van der Waals surface area (Å²) in [5.41, 5.74) is 0.814. The van der Waals surface area contributed by atoms with Gasteiger partial charge in [0, 0.05) is 12.7 Å². The lowest BCUT2D eigenvalue weighted by Crippen LogP contribution is -2.28. The highest BCUT2D eigenvalue weighted by molar-refractivity contribution is 4.97. The summed E-state index contributed by atoms with van der Waals surface area (Å²) in [6.07, 6.45) is 2.29. The molecule has 0 aromatic carbocycles. The molecule has 1 saturated heterocycles. The smallest absolute Gasteiger partial charge is 0.266 e. The average Bonchev–Trinajstić information content (AvgIpc) is 2.64. The molecule has 0 spiro atoms. The third-order valence-corrected chi connectivity index (χ3v) is 2.40. The van der Waals surface area contributed by atoms with Crippen molar-refractivity contribution in [2.75, 3.05) is 6.61 Å². The minimum atomic E-state index is -0.0499. The normalized spacial score (nSPS) is 21.4. The van der Waals surface area contributed by atoms with E-state index in [1.165, 1.54) is 4.68 Å². The Morgan fingerprint density at radius 1 is 1.64 bits per heavy atom. The molecule has 4 nitrogen and oxygen atoms in total. The number of nitrogens with zero attached hydrogens (tertiary/aromatic N) is 2. The first-order valence-corrected chi connectivity index (χ1v) is 4.92. The third kappa shape index (κ3) is 2.01. The molecule has 2 heterocycles. The summed E-state index contributed by atoms with van der Waals surface area (Å²) in [6, 6.07) is 3.28. The van der Waals surface area contributed by atoms with Gasteiger partial charge in [0.05, 0.1) is 18.3 Å². The first-order valence-electron chi connectivity index (χ1n) is 4.92. The molecule has 14 heavy (non-hydrogen) atoms. The largest absolute Gasteiger partial charge is 0.376 e. The standard InChI is InChI=1S/C10H14N2O2/c1-8-4-5-10(13)12(11-8)7-9-3-2-6-14-9/h4-5,9H,2-3,6-7H2,1H3. The van der Waals surface area contributed by atoms with E-state index in [0.717, 1.165) is 25.1 Å². The molecule has 4 heteroatoms. The summed E-state index contributed by atoms with van der Waals surface area (Å²) in [6.45, 7) is 3.27. The Bertz CT molecular complexity index is 367. The molecular formula is C10H14N2O2. The molecule has 1 unspecified atom stereocenters. The summed E-state index contributed by atoms with van der Waals surface area (Å²) in [7, 11) is 0. The molecule has 1 aliphatic heterocycles. The summed E-state index contributed by atoms with van der Waals surface area (Å²) < 4.78 is 6.94. The van der Waals surface area contributed by atoms with Crippen LogP contribution in [0.5, 0.6) is 0 Å². The van der Waals surface area contributed by atoms with Gasteiger partial charge in [-0.3, -0.25) is 4.79 Å². The van der Waals surface area contributed by atoms with Crippen LogP contribution in [0.3, 0.4) is 0 Å². The SMILES string of the molecule is Cc1ccc(=O)n(CC2CCCO2)n1. The van der Waals surface area contributed by atoms with Gasteiger partial charge in [-0.1, -0.05) is 0 Å². The van der Waals surface area contributed by atoms with Crippen molar-refractivity contribution in [1.29, 1.82) is 0 Å². The van der Waals surface area contributed by atoms with Crippen LogP contribution in [0.1, 0.15) is 18.5 Å². The van der Waals surface area contributed by atoms with Crippen molar-refractivity contribution >= 4 is 0 Å². The molecule has 1 aliphatic rings. The molecule has 2 rings (SSSR count). The van der Waals surface area contributed by atoms with Crippen molar-refractivity contribution in [3.63, 3.8) is 0 Å². The summed E-state index contributed by atoms with van der Waals surface area (Å²) in [5, 5.41) is 4.16. The zero-order valence-electron chi connectivity index (χ0n) is 8.27. The first-order chi connectivity index (χ1) is 6.75. The Balaban J connectivity index is 2.15. The highest BCUT2D eigenvalue weighted by atomic mass is 16.5. The van der Waals surface area contributed by atoms with Crippen molar-refractivity contribution in [2.24, 2.45) is 0 Å². The minimum absolute atomic E-state index is 0.0499. The van der Waals surface area contributed by atoms with E-state index in [9.17, 15) is 4.79 Å². The maximum absolute atomic E-state index is 11.4. The van der Waals surface area contributed by atoms with Crippen molar-refractivity contribution in [2.45, 2.75) is 32.4 Å². The lowest BCUT2D eigenvalue weighted by atomic mass is 10.2. The Labute approximate surface area is 82.5 Å². The van der Waals surface area contributed by atoms with Gasteiger partial charge < -0.3 is 4.74 Å².